The second-order valence-electron chi connectivity index (χ2n) is 4.36. The first kappa shape index (κ1) is 14.9. The predicted octanol–water partition coefficient (Wildman–Crippen LogP) is 1.50. The van der Waals surface area contributed by atoms with Crippen molar-refractivity contribution in [1.29, 1.82) is 0 Å². The lowest BCUT2D eigenvalue weighted by Gasteiger charge is -2.11. The third-order valence-electron chi connectivity index (χ3n) is 2.97. The van der Waals surface area contributed by atoms with Crippen LogP contribution < -0.4 is 10.1 Å². The summed E-state index contributed by atoms with van der Waals surface area (Å²) in [5.41, 5.74) is 0.776. The van der Waals surface area contributed by atoms with Crippen LogP contribution in [-0.2, 0) is 19.7 Å². The largest absolute Gasteiger partial charge is 0.485 e. The molecule has 0 aliphatic carbocycles. The van der Waals surface area contributed by atoms with Crippen LogP contribution in [0.4, 0.5) is 5.69 Å². The summed E-state index contributed by atoms with van der Waals surface area (Å²) < 4.78 is 7.46. The van der Waals surface area contributed by atoms with Gasteiger partial charge < -0.3 is 10.1 Å². The lowest BCUT2D eigenvalue weighted by atomic mass is 10.2. The quantitative estimate of drug-likeness (QED) is 0.613. The van der Waals surface area contributed by atoms with Gasteiger partial charge >= 0.3 is 0 Å². The second kappa shape index (κ2) is 6.80. The van der Waals surface area contributed by atoms with Crippen LogP contribution in [0.1, 0.15) is 18.3 Å². The van der Waals surface area contributed by atoms with Crippen LogP contribution in [0, 0.1) is 10.1 Å². The molecule has 0 bridgehead atoms. The number of hydrogen-bond donors (Lipinski definition) is 1. The van der Waals surface area contributed by atoms with Crippen LogP contribution >= 0.6 is 0 Å². The molecular formula is C13H17N5O3. The fraction of sp³-hybridized carbons (Fsp3) is 0.385. The van der Waals surface area contributed by atoms with Gasteiger partial charge in [-0.25, -0.2) is 9.67 Å². The van der Waals surface area contributed by atoms with E-state index in [1.54, 1.807) is 17.8 Å². The van der Waals surface area contributed by atoms with Gasteiger partial charge in [-0.1, -0.05) is 0 Å². The standard InChI is InChI=1S/C13H17N5O3/c1-3-17-13(15-9-16-17)8-21-12-5-4-11(18(19)20)6-10(12)7-14-2/h4-6,9,14H,3,7-8H2,1-2H3. The molecule has 0 saturated heterocycles. The Hall–Kier alpha value is -2.48. The first-order valence-electron chi connectivity index (χ1n) is 6.57. The van der Waals surface area contributed by atoms with Crippen LogP contribution in [0.15, 0.2) is 24.5 Å². The van der Waals surface area contributed by atoms with E-state index in [2.05, 4.69) is 15.4 Å². The second-order valence-corrected chi connectivity index (χ2v) is 4.36. The van der Waals surface area contributed by atoms with Crippen LogP contribution in [0.25, 0.3) is 0 Å². The summed E-state index contributed by atoms with van der Waals surface area (Å²) in [6.07, 6.45) is 1.48. The molecule has 0 saturated carbocycles. The molecule has 0 radical (unpaired) electrons. The van der Waals surface area contributed by atoms with Crippen molar-refractivity contribution in [2.75, 3.05) is 7.05 Å². The molecule has 112 valence electrons. The van der Waals surface area contributed by atoms with Crippen molar-refractivity contribution in [3.8, 4) is 5.75 Å². The van der Waals surface area contributed by atoms with Crippen molar-refractivity contribution in [2.45, 2.75) is 26.6 Å². The average molecular weight is 291 g/mol. The minimum atomic E-state index is -0.420. The van der Waals surface area contributed by atoms with Gasteiger partial charge in [0.15, 0.2) is 5.82 Å². The topological polar surface area (TPSA) is 95.1 Å². The van der Waals surface area contributed by atoms with Gasteiger partial charge in [-0.3, -0.25) is 10.1 Å². The van der Waals surface area contributed by atoms with Gasteiger partial charge in [0.1, 0.15) is 18.7 Å². The van der Waals surface area contributed by atoms with E-state index in [9.17, 15) is 10.1 Å². The number of rotatable bonds is 7. The normalized spacial score (nSPS) is 10.6. The molecule has 1 heterocycles. The molecule has 1 aromatic carbocycles. The predicted molar refractivity (Wildman–Crippen MR) is 75.9 cm³/mol. The van der Waals surface area contributed by atoms with E-state index in [1.807, 2.05) is 6.92 Å². The van der Waals surface area contributed by atoms with Crippen LogP contribution in [0.3, 0.4) is 0 Å². The first-order chi connectivity index (χ1) is 10.2. The van der Waals surface area contributed by atoms with E-state index in [0.29, 0.717) is 24.7 Å². The Morgan fingerprint density at radius 2 is 2.29 bits per heavy atom. The van der Waals surface area contributed by atoms with E-state index < -0.39 is 4.92 Å². The zero-order valence-corrected chi connectivity index (χ0v) is 11.9. The number of nitro groups is 1. The maximum atomic E-state index is 10.8. The number of nitro benzene ring substituents is 1. The fourth-order valence-corrected chi connectivity index (χ4v) is 1.96. The Morgan fingerprint density at radius 3 is 2.95 bits per heavy atom. The highest BCUT2D eigenvalue weighted by atomic mass is 16.6. The van der Waals surface area contributed by atoms with E-state index in [-0.39, 0.29) is 12.3 Å². The Balaban J connectivity index is 2.17. The molecule has 8 nitrogen and oxygen atoms in total. The third-order valence-corrected chi connectivity index (χ3v) is 2.97. The van der Waals surface area contributed by atoms with Gasteiger partial charge in [0.2, 0.25) is 0 Å². The number of aromatic nitrogens is 3. The monoisotopic (exact) mass is 291 g/mol. The minimum Gasteiger partial charge on any atom is -0.485 e. The number of non-ortho nitro benzene ring substituents is 1. The highest BCUT2D eigenvalue weighted by Crippen LogP contribution is 2.24. The van der Waals surface area contributed by atoms with Crippen molar-refractivity contribution in [3.63, 3.8) is 0 Å². The fourth-order valence-electron chi connectivity index (χ4n) is 1.96. The number of aryl methyl sites for hydroxylation is 1. The van der Waals surface area contributed by atoms with Crippen molar-refractivity contribution >= 4 is 5.69 Å². The summed E-state index contributed by atoms with van der Waals surface area (Å²) >= 11 is 0. The van der Waals surface area contributed by atoms with E-state index in [1.165, 1.54) is 18.5 Å². The smallest absolute Gasteiger partial charge is 0.270 e. The van der Waals surface area contributed by atoms with Gasteiger partial charge in [0.25, 0.3) is 5.69 Å². The lowest BCUT2D eigenvalue weighted by Crippen LogP contribution is -2.10. The van der Waals surface area contributed by atoms with Gasteiger partial charge in [-0.15, -0.1) is 0 Å². The molecule has 0 aliphatic rings. The summed E-state index contributed by atoms with van der Waals surface area (Å²) in [7, 11) is 1.77. The molecule has 21 heavy (non-hydrogen) atoms. The van der Waals surface area contributed by atoms with Crippen molar-refractivity contribution in [3.05, 3.63) is 46.0 Å². The Bertz CT molecular complexity index is 626. The zero-order valence-electron chi connectivity index (χ0n) is 11.9. The molecule has 1 N–H and O–H groups in total. The third kappa shape index (κ3) is 3.54. The van der Waals surface area contributed by atoms with Crippen molar-refractivity contribution < 1.29 is 9.66 Å². The van der Waals surface area contributed by atoms with Crippen molar-refractivity contribution in [1.82, 2.24) is 20.1 Å². The maximum absolute atomic E-state index is 10.8. The Kier molecular flexibility index (Phi) is 4.83. The average Bonchev–Trinajstić information content (AvgIpc) is 2.93. The molecule has 0 fully saturated rings. The van der Waals surface area contributed by atoms with Gasteiger partial charge in [-0.2, -0.15) is 5.10 Å². The van der Waals surface area contributed by atoms with Crippen LogP contribution in [0.2, 0.25) is 0 Å². The van der Waals surface area contributed by atoms with E-state index in [0.717, 1.165) is 5.56 Å². The van der Waals surface area contributed by atoms with Crippen LogP contribution in [0.5, 0.6) is 5.75 Å². The number of benzene rings is 1. The van der Waals surface area contributed by atoms with E-state index in [4.69, 9.17) is 4.74 Å². The number of hydrogen-bond acceptors (Lipinski definition) is 6. The van der Waals surface area contributed by atoms with Gasteiger partial charge in [0.05, 0.1) is 4.92 Å². The number of nitrogens with one attached hydrogen (secondary N) is 1. The molecule has 0 atom stereocenters. The summed E-state index contributed by atoms with van der Waals surface area (Å²) in [6.45, 7) is 3.43. The maximum Gasteiger partial charge on any atom is 0.270 e. The Labute approximate surface area is 121 Å². The summed E-state index contributed by atoms with van der Waals surface area (Å²) in [5, 5.41) is 17.9. The van der Waals surface area contributed by atoms with E-state index >= 15 is 0 Å². The highest BCUT2D eigenvalue weighted by molar-refractivity contribution is 5.43. The van der Waals surface area contributed by atoms with Gasteiger partial charge in [0, 0.05) is 30.8 Å². The molecule has 0 spiro atoms. The van der Waals surface area contributed by atoms with Crippen molar-refractivity contribution in [2.24, 2.45) is 0 Å². The molecular weight excluding hydrogens is 274 g/mol. The molecule has 2 aromatic rings. The summed E-state index contributed by atoms with van der Waals surface area (Å²) in [4.78, 5) is 14.5. The zero-order chi connectivity index (χ0) is 15.2. The summed E-state index contributed by atoms with van der Waals surface area (Å²) in [5.74, 6) is 1.31. The Morgan fingerprint density at radius 1 is 1.48 bits per heavy atom. The summed E-state index contributed by atoms with van der Waals surface area (Å²) in [6, 6.07) is 4.55. The molecule has 8 heteroatoms. The SMILES string of the molecule is CCn1ncnc1COc1ccc([N+](=O)[O-])cc1CNC. The lowest BCUT2D eigenvalue weighted by molar-refractivity contribution is -0.384. The molecule has 0 unspecified atom stereocenters. The first-order valence-corrected chi connectivity index (χ1v) is 6.57. The molecule has 0 aliphatic heterocycles. The number of nitrogens with zero attached hydrogens (tertiary/aromatic N) is 4. The van der Waals surface area contributed by atoms with Crippen LogP contribution in [-0.4, -0.2) is 26.7 Å². The number of ether oxygens (including phenoxy) is 1. The minimum absolute atomic E-state index is 0.0457. The molecule has 0 amide bonds. The molecule has 2 rings (SSSR count). The van der Waals surface area contributed by atoms with Gasteiger partial charge in [-0.05, 0) is 20.0 Å². The molecule has 1 aromatic heterocycles. The highest BCUT2D eigenvalue weighted by Gasteiger charge is 2.12.